The predicted octanol–water partition coefficient (Wildman–Crippen LogP) is 1.24. The van der Waals surface area contributed by atoms with Gasteiger partial charge in [0.1, 0.15) is 0 Å². The van der Waals surface area contributed by atoms with Crippen LogP contribution in [0.5, 0.6) is 0 Å². The SMILES string of the molecule is Cn1nccc1CCc1cnc(N)s1. The summed E-state index contributed by atoms with van der Waals surface area (Å²) in [7, 11) is 1.95. The van der Waals surface area contributed by atoms with E-state index >= 15 is 0 Å². The second kappa shape index (κ2) is 3.79. The number of aryl methyl sites for hydroxylation is 3. The number of thiazole rings is 1. The summed E-state index contributed by atoms with van der Waals surface area (Å²) in [6, 6.07) is 2.03. The molecule has 2 aromatic heterocycles. The van der Waals surface area contributed by atoms with Crippen molar-refractivity contribution >= 4 is 16.5 Å². The highest BCUT2D eigenvalue weighted by Crippen LogP contribution is 2.16. The molecule has 4 nitrogen and oxygen atoms in total. The lowest BCUT2D eigenvalue weighted by molar-refractivity contribution is 0.704. The van der Waals surface area contributed by atoms with Crippen LogP contribution in [0.25, 0.3) is 0 Å². The number of rotatable bonds is 3. The summed E-state index contributed by atoms with van der Waals surface area (Å²) in [5, 5.41) is 4.76. The van der Waals surface area contributed by atoms with Crippen molar-refractivity contribution in [3.05, 3.63) is 29.0 Å². The van der Waals surface area contributed by atoms with Crippen molar-refractivity contribution in [1.82, 2.24) is 14.8 Å². The zero-order valence-corrected chi connectivity index (χ0v) is 8.79. The molecule has 0 aliphatic carbocycles. The maximum Gasteiger partial charge on any atom is 0.180 e. The molecule has 0 fully saturated rings. The number of aromatic nitrogens is 3. The summed E-state index contributed by atoms with van der Waals surface area (Å²) in [6.45, 7) is 0. The van der Waals surface area contributed by atoms with Crippen LogP contribution in [-0.2, 0) is 19.9 Å². The van der Waals surface area contributed by atoms with Gasteiger partial charge in [-0.25, -0.2) is 4.98 Å². The Bertz CT molecular complexity index is 418. The maximum atomic E-state index is 5.55. The fourth-order valence-corrected chi connectivity index (χ4v) is 2.02. The monoisotopic (exact) mass is 208 g/mol. The summed E-state index contributed by atoms with van der Waals surface area (Å²) < 4.78 is 1.89. The van der Waals surface area contributed by atoms with E-state index in [1.807, 2.05) is 30.2 Å². The summed E-state index contributed by atoms with van der Waals surface area (Å²) >= 11 is 1.55. The first-order valence-corrected chi connectivity index (χ1v) is 5.24. The first kappa shape index (κ1) is 9.21. The molecule has 0 saturated heterocycles. The van der Waals surface area contributed by atoms with E-state index in [0.717, 1.165) is 12.8 Å². The third-order valence-corrected chi connectivity index (χ3v) is 3.01. The number of hydrogen-bond donors (Lipinski definition) is 1. The van der Waals surface area contributed by atoms with Gasteiger partial charge in [-0.15, -0.1) is 11.3 Å². The Labute approximate surface area is 86.4 Å². The Hall–Kier alpha value is -1.36. The molecule has 2 N–H and O–H groups in total. The fraction of sp³-hybridized carbons (Fsp3) is 0.333. The zero-order valence-electron chi connectivity index (χ0n) is 7.97. The lowest BCUT2D eigenvalue weighted by atomic mass is 10.2. The Morgan fingerprint density at radius 3 is 2.93 bits per heavy atom. The lowest BCUT2D eigenvalue weighted by Crippen LogP contribution is -1.99. The first-order chi connectivity index (χ1) is 6.75. The molecule has 2 aromatic rings. The van der Waals surface area contributed by atoms with Gasteiger partial charge < -0.3 is 5.73 Å². The molecule has 0 unspecified atom stereocenters. The molecule has 2 rings (SSSR count). The summed E-state index contributed by atoms with van der Waals surface area (Å²) in [5.74, 6) is 0. The average molecular weight is 208 g/mol. The summed E-state index contributed by atoms with van der Waals surface area (Å²) in [5.41, 5.74) is 6.78. The smallest absolute Gasteiger partial charge is 0.180 e. The van der Waals surface area contributed by atoms with Gasteiger partial charge in [-0.1, -0.05) is 0 Å². The number of nitrogens with zero attached hydrogens (tertiary/aromatic N) is 3. The predicted molar refractivity (Wildman–Crippen MR) is 57.1 cm³/mol. The molecule has 74 valence electrons. The van der Waals surface area contributed by atoms with Gasteiger partial charge in [-0.2, -0.15) is 5.10 Å². The first-order valence-electron chi connectivity index (χ1n) is 4.43. The van der Waals surface area contributed by atoms with Gasteiger partial charge >= 0.3 is 0 Å². The second-order valence-electron chi connectivity index (χ2n) is 3.11. The van der Waals surface area contributed by atoms with E-state index in [-0.39, 0.29) is 0 Å². The molecule has 14 heavy (non-hydrogen) atoms. The molecule has 0 amide bonds. The second-order valence-corrected chi connectivity index (χ2v) is 4.26. The largest absolute Gasteiger partial charge is 0.375 e. The molecule has 0 aliphatic rings. The topological polar surface area (TPSA) is 56.7 Å². The molecule has 0 saturated carbocycles. The highest BCUT2D eigenvalue weighted by molar-refractivity contribution is 7.15. The van der Waals surface area contributed by atoms with Crippen molar-refractivity contribution in [1.29, 1.82) is 0 Å². The van der Waals surface area contributed by atoms with Crippen LogP contribution in [0.4, 0.5) is 5.13 Å². The third-order valence-electron chi connectivity index (χ3n) is 2.12. The Morgan fingerprint density at radius 2 is 2.36 bits per heavy atom. The molecule has 0 bridgehead atoms. The highest BCUT2D eigenvalue weighted by Gasteiger charge is 2.02. The normalized spacial score (nSPS) is 10.6. The quantitative estimate of drug-likeness (QED) is 0.825. The molecule has 0 spiro atoms. The maximum absolute atomic E-state index is 5.55. The highest BCUT2D eigenvalue weighted by atomic mass is 32.1. The van der Waals surface area contributed by atoms with E-state index in [1.54, 1.807) is 11.3 Å². The van der Waals surface area contributed by atoms with Crippen LogP contribution < -0.4 is 5.73 Å². The number of nitrogen functional groups attached to an aromatic ring is 1. The van der Waals surface area contributed by atoms with Crippen molar-refractivity contribution in [2.75, 3.05) is 5.73 Å². The van der Waals surface area contributed by atoms with Gasteiger partial charge in [-0.3, -0.25) is 4.68 Å². The molecule has 2 heterocycles. The van der Waals surface area contributed by atoms with E-state index < -0.39 is 0 Å². The lowest BCUT2D eigenvalue weighted by Gasteiger charge is -1.98. The van der Waals surface area contributed by atoms with Crippen LogP contribution in [0.15, 0.2) is 18.5 Å². The van der Waals surface area contributed by atoms with Crippen LogP contribution in [0.1, 0.15) is 10.6 Å². The number of nitrogens with two attached hydrogens (primary N) is 1. The summed E-state index contributed by atoms with van der Waals surface area (Å²) in [6.07, 6.45) is 5.62. The van der Waals surface area contributed by atoms with Gasteiger partial charge in [0.2, 0.25) is 0 Å². The Morgan fingerprint density at radius 1 is 1.50 bits per heavy atom. The van der Waals surface area contributed by atoms with Gasteiger partial charge in [0.05, 0.1) is 0 Å². The molecule has 0 aliphatic heterocycles. The van der Waals surface area contributed by atoms with Crippen molar-refractivity contribution in [2.45, 2.75) is 12.8 Å². The van der Waals surface area contributed by atoms with Crippen LogP contribution in [0, 0.1) is 0 Å². The number of anilines is 1. The van der Waals surface area contributed by atoms with Crippen LogP contribution >= 0.6 is 11.3 Å². The minimum absolute atomic E-state index is 0.644. The van der Waals surface area contributed by atoms with Crippen molar-refractivity contribution < 1.29 is 0 Å². The standard InChI is InChI=1S/C9H12N4S/c1-13-7(4-5-12-13)2-3-8-6-11-9(10)14-8/h4-6H,2-3H2,1H3,(H2,10,11). The molecule has 0 atom stereocenters. The minimum Gasteiger partial charge on any atom is -0.375 e. The molecular formula is C9H12N4S. The van der Waals surface area contributed by atoms with Crippen molar-refractivity contribution in [3.63, 3.8) is 0 Å². The average Bonchev–Trinajstić information content (AvgIpc) is 2.72. The zero-order chi connectivity index (χ0) is 9.97. The Kier molecular flexibility index (Phi) is 2.49. The van der Waals surface area contributed by atoms with E-state index in [0.29, 0.717) is 5.13 Å². The van der Waals surface area contributed by atoms with E-state index in [1.165, 1.54) is 10.6 Å². The van der Waals surface area contributed by atoms with Crippen molar-refractivity contribution in [2.24, 2.45) is 7.05 Å². The van der Waals surface area contributed by atoms with Crippen molar-refractivity contribution in [3.8, 4) is 0 Å². The summed E-state index contributed by atoms with van der Waals surface area (Å²) in [4.78, 5) is 5.24. The van der Waals surface area contributed by atoms with Gasteiger partial charge in [0.25, 0.3) is 0 Å². The molecule has 5 heteroatoms. The van der Waals surface area contributed by atoms with Crippen LogP contribution in [0.2, 0.25) is 0 Å². The van der Waals surface area contributed by atoms with Gasteiger partial charge in [0.15, 0.2) is 5.13 Å². The molecular weight excluding hydrogens is 196 g/mol. The van der Waals surface area contributed by atoms with Gasteiger partial charge in [0, 0.05) is 30.0 Å². The van der Waals surface area contributed by atoms with Gasteiger partial charge in [-0.05, 0) is 18.9 Å². The minimum atomic E-state index is 0.644. The van der Waals surface area contributed by atoms with Crippen LogP contribution in [0.3, 0.4) is 0 Å². The number of hydrogen-bond acceptors (Lipinski definition) is 4. The third kappa shape index (κ3) is 1.93. The fourth-order valence-electron chi connectivity index (χ4n) is 1.34. The van der Waals surface area contributed by atoms with E-state index in [4.69, 9.17) is 5.73 Å². The molecule has 0 radical (unpaired) electrons. The van der Waals surface area contributed by atoms with E-state index in [2.05, 4.69) is 10.1 Å². The van der Waals surface area contributed by atoms with E-state index in [9.17, 15) is 0 Å². The molecule has 0 aromatic carbocycles. The van der Waals surface area contributed by atoms with Crippen LogP contribution in [-0.4, -0.2) is 14.8 Å². The Balaban J connectivity index is 1.98.